The molecule has 2 amide bonds. The zero-order valence-corrected chi connectivity index (χ0v) is 13.9. The van der Waals surface area contributed by atoms with E-state index in [1.165, 1.54) is 0 Å². The number of nitrogens with zero attached hydrogens (tertiary/aromatic N) is 2. The fraction of sp³-hybridized carbons (Fsp3) is 0.353. The van der Waals surface area contributed by atoms with Crippen LogP contribution in [0.2, 0.25) is 0 Å². The zero-order chi connectivity index (χ0) is 16.2. The van der Waals surface area contributed by atoms with Crippen molar-refractivity contribution in [3.8, 4) is 0 Å². The number of rotatable bonds is 5. The van der Waals surface area contributed by atoms with Gasteiger partial charge in [0.05, 0.1) is 10.7 Å². The van der Waals surface area contributed by atoms with E-state index in [4.69, 9.17) is 0 Å². The highest BCUT2D eigenvalue weighted by molar-refractivity contribution is 7.09. The molecule has 120 valence electrons. The van der Waals surface area contributed by atoms with Crippen molar-refractivity contribution in [3.63, 3.8) is 0 Å². The largest absolute Gasteiger partial charge is 0.352 e. The Hall–Kier alpha value is -2.21. The van der Waals surface area contributed by atoms with Gasteiger partial charge in [-0.05, 0) is 37.6 Å². The van der Waals surface area contributed by atoms with Crippen LogP contribution in [-0.2, 0) is 11.2 Å². The molecule has 23 heavy (non-hydrogen) atoms. The SMILES string of the molecule is Cc1nc(CCNC(=O)c2ccc(N3CCCC3=O)cc2)cs1. The van der Waals surface area contributed by atoms with Crippen molar-refractivity contribution in [2.45, 2.75) is 26.2 Å². The van der Waals surface area contributed by atoms with E-state index < -0.39 is 0 Å². The number of hydrogen-bond acceptors (Lipinski definition) is 4. The van der Waals surface area contributed by atoms with E-state index in [-0.39, 0.29) is 11.8 Å². The van der Waals surface area contributed by atoms with Crippen LogP contribution >= 0.6 is 11.3 Å². The number of aromatic nitrogens is 1. The van der Waals surface area contributed by atoms with Crippen molar-refractivity contribution in [3.05, 3.63) is 45.9 Å². The topological polar surface area (TPSA) is 62.3 Å². The molecule has 5 nitrogen and oxygen atoms in total. The summed E-state index contributed by atoms with van der Waals surface area (Å²) in [5, 5.41) is 5.96. The molecule has 1 aliphatic heterocycles. The van der Waals surface area contributed by atoms with Gasteiger partial charge in [-0.15, -0.1) is 11.3 Å². The van der Waals surface area contributed by atoms with Crippen LogP contribution in [0.5, 0.6) is 0 Å². The van der Waals surface area contributed by atoms with Crippen molar-refractivity contribution in [2.24, 2.45) is 0 Å². The van der Waals surface area contributed by atoms with Crippen LogP contribution in [0.15, 0.2) is 29.6 Å². The van der Waals surface area contributed by atoms with Crippen molar-refractivity contribution in [2.75, 3.05) is 18.0 Å². The quantitative estimate of drug-likeness (QED) is 0.917. The normalized spacial score (nSPS) is 14.3. The lowest BCUT2D eigenvalue weighted by Crippen LogP contribution is -2.26. The molecule has 3 rings (SSSR count). The molecule has 2 heterocycles. The molecular formula is C17H19N3O2S. The smallest absolute Gasteiger partial charge is 0.251 e. The van der Waals surface area contributed by atoms with Gasteiger partial charge in [0.25, 0.3) is 5.91 Å². The zero-order valence-electron chi connectivity index (χ0n) is 13.0. The Morgan fingerprint density at radius 1 is 1.35 bits per heavy atom. The Kier molecular flexibility index (Phi) is 4.71. The number of hydrogen-bond donors (Lipinski definition) is 1. The summed E-state index contributed by atoms with van der Waals surface area (Å²) < 4.78 is 0. The maximum atomic E-state index is 12.1. The molecule has 2 aromatic rings. The Bertz CT molecular complexity index is 709. The van der Waals surface area contributed by atoms with Gasteiger partial charge in [0.2, 0.25) is 5.91 Å². The highest BCUT2D eigenvalue weighted by Crippen LogP contribution is 2.21. The number of benzene rings is 1. The number of nitrogens with one attached hydrogen (secondary N) is 1. The molecule has 0 atom stereocenters. The summed E-state index contributed by atoms with van der Waals surface area (Å²) >= 11 is 1.62. The molecule has 0 bridgehead atoms. The van der Waals surface area contributed by atoms with Gasteiger partial charge in [0, 0.05) is 42.6 Å². The predicted octanol–water partition coefficient (Wildman–Crippen LogP) is 2.55. The standard InChI is InChI=1S/C17H19N3O2S/c1-12-19-14(11-23-12)8-9-18-17(22)13-4-6-15(7-5-13)20-10-2-3-16(20)21/h4-7,11H,2-3,8-10H2,1H3,(H,18,22). The average Bonchev–Trinajstić information content (AvgIpc) is 3.16. The van der Waals surface area contributed by atoms with E-state index in [9.17, 15) is 9.59 Å². The second-order valence-corrected chi connectivity index (χ2v) is 6.62. The predicted molar refractivity (Wildman–Crippen MR) is 90.9 cm³/mol. The first-order valence-electron chi connectivity index (χ1n) is 7.73. The minimum Gasteiger partial charge on any atom is -0.352 e. The second kappa shape index (κ2) is 6.91. The minimum absolute atomic E-state index is 0.101. The van der Waals surface area contributed by atoms with Gasteiger partial charge in [0.15, 0.2) is 0 Å². The van der Waals surface area contributed by atoms with E-state index in [0.717, 1.165) is 35.8 Å². The lowest BCUT2D eigenvalue weighted by Gasteiger charge is -2.15. The van der Waals surface area contributed by atoms with E-state index in [1.807, 2.05) is 24.4 Å². The summed E-state index contributed by atoms with van der Waals surface area (Å²) in [5.41, 5.74) is 2.48. The van der Waals surface area contributed by atoms with Gasteiger partial charge in [0.1, 0.15) is 0 Å². The van der Waals surface area contributed by atoms with Crippen LogP contribution in [0.3, 0.4) is 0 Å². The molecule has 1 fully saturated rings. The number of aryl methyl sites for hydroxylation is 1. The van der Waals surface area contributed by atoms with Gasteiger partial charge in [-0.2, -0.15) is 0 Å². The molecule has 0 spiro atoms. The van der Waals surface area contributed by atoms with Gasteiger partial charge in [-0.3, -0.25) is 9.59 Å². The first-order chi connectivity index (χ1) is 11.1. The number of amides is 2. The van der Waals surface area contributed by atoms with Gasteiger partial charge in [-0.25, -0.2) is 4.98 Å². The van der Waals surface area contributed by atoms with Gasteiger partial charge < -0.3 is 10.2 Å². The first-order valence-corrected chi connectivity index (χ1v) is 8.61. The molecule has 1 aromatic carbocycles. The van der Waals surface area contributed by atoms with Gasteiger partial charge >= 0.3 is 0 Å². The lowest BCUT2D eigenvalue weighted by molar-refractivity contribution is -0.117. The average molecular weight is 329 g/mol. The molecule has 0 radical (unpaired) electrons. The van der Waals surface area contributed by atoms with Crippen LogP contribution in [-0.4, -0.2) is 29.9 Å². The Labute approximate surface area is 139 Å². The van der Waals surface area contributed by atoms with E-state index >= 15 is 0 Å². The Morgan fingerprint density at radius 3 is 2.74 bits per heavy atom. The Morgan fingerprint density at radius 2 is 2.13 bits per heavy atom. The van der Waals surface area contributed by atoms with Crippen LogP contribution < -0.4 is 10.2 Å². The molecule has 0 saturated carbocycles. The first kappa shape index (κ1) is 15.7. The Balaban J connectivity index is 1.54. The summed E-state index contributed by atoms with van der Waals surface area (Å²) in [6, 6.07) is 7.20. The van der Waals surface area contributed by atoms with E-state index in [0.29, 0.717) is 18.5 Å². The van der Waals surface area contributed by atoms with Gasteiger partial charge in [-0.1, -0.05) is 0 Å². The van der Waals surface area contributed by atoms with Crippen LogP contribution in [0.1, 0.15) is 33.9 Å². The number of carbonyl (C=O) groups excluding carboxylic acids is 2. The third-order valence-corrected chi connectivity index (χ3v) is 4.67. The van der Waals surface area contributed by atoms with Crippen LogP contribution in [0, 0.1) is 6.92 Å². The van der Waals surface area contributed by atoms with Crippen molar-refractivity contribution < 1.29 is 9.59 Å². The number of anilines is 1. The van der Waals surface area contributed by atoms with E-state index in [1.54, 1.807) is 28.4 Å². The molecule has 1 N–H and O–H groups in total. The second-order valence-electron chi connectivity index (χ2n) is 5.56. The molecular weight excluding hydrogens is 310 g/mol. The number of carbonyl (C=O) groups is 2. The molecule has 1 saturated heterocycles. The summed E-state index contributed by atoms with van der Waals surface area (Å²) in [6.07, 6.45) is 2.24. The molecule has 0 unspecified atom stereocenters. The fourth-order valence-corrected chi connectivity index (χ4v) is 3.29. The van der Waals surface area contributed by atoms with Crippen molar-refractivity contribution in [1.29, 1.82) is 0 Å². The third kappa shape index (κ3) is 3.76. The molecule has 1 aromatic heterocycles. The summed E-state index contributed by atoms with van der Waals surface area (Å²) in [5.74, 6) is 0.0528. The monoisotopic (exact) mass is 329 g/mol. The number of thiazole rings is 1. The molecule has 1 aliphatic rings. The lowest BCUT2D eigenvalue weighted by atomic mass is 10.2. The highest BCUT2D eigenvalue weighted by atomic mass is 32.1. The maximum Gasteiger partial charge on any atom is 0.251 e. The summed E-state index contributed by atoms with van der Waals surface area (Å²) in [4.78, 5) is 30.0. The minimum atomic E-state index is -0.101. The maximum absolute atomic E-state index is 12.1. The summed E-state index contributed by atoms with van der Waals surface area (Å²) in [6.45, 7) is 3.30. The molecule has 0 aliphatic carbocycles. The fourth-order valence-electron chi connectivity index (χ4n) is 2.64. The van der Waals surface area contributed by atoms with E-state index in [2.05, 4.69) is 10.3 Å². The van der Waals surface area contributed by atoms with Crippen LogP contribution in [0.4, 0.5) is 5.69 Å². The van der Waals surface area contributed by atoms with Crippen LogP contribution in [0.25, 0.3) is 0 Å². The van der Waals surface area contributed by atoms with Crippen molar-refractivity contribution in [1.82, 2.24) is 10.3 Å². The highest BCUT2D eigenvalue weighted by Gasteiger charge is 2.21. The summed E-state index contributed by atoms with van der Waals surface area (Å²) in [7, 11) is 0. The third-order valence-electron chi connectivity index (χ3n) is 3.85. The molecule has 6 heteroatoms. The van der Waals surface area contributed by atoms with Crippen molar-refractivity contribution >= 4 is 28.8 Å².